The number of carbonyl (C=O) groups excluding carboxylic acids is 2. The maximum absolute atomic E-state index is 11.0. The zero-order valence-electron chi connectivity index (χ0n) is 10.1. The van der Waals surface area contributed by atoms with Crippen LogP contribution in [0.1, 0.15) is 19.8 Å². The molecule has 0 aromatic carbocycles. The van der Waals surface area contributed by atoms with E-state index >= 15 is 0 Å². The summed E-state index contributed by atoms with van der Waals surface area (Å²) in [5.41, 5.74) is 0. The van der Waals surface area contributed by atoms with E-state index in [1.807, 2.05) is 26.6 Å². The van der Waals surface area contributed by atoms with Gasteiger partial charge < -0.3 is 9.16 Å². The summed E-state index contributed by atoms with van der Waals surface area (Å²) in [4.78, 5) is 21.9. The van der Waals surface area contributed by atoms with Crippen LogP contribution in [-0.2, 0) is 9.16 Å². The van der Waals surface area contributed by atoms with Crippen molar-refractivity contribution in [3.05, 3.63) is 0 Å². The molecule has 0 aliphatic carbocycles. The average molecular weight is 246 g/mol. The molecular formula is C9H18N2O4Si. The summed E-state index contributed by atoms with van der Waals surface area (Å²) in [7, 11) is -1.98. The number of unbranched alkanes of at least 4 members (excludes halogenated alkanes) is 1. The summed E-state index contributed by atoms with van der Waals surface area (Å²) in [5.74, 6) is 0. The van der Waals surface area contributed by atoms with Crippen LogP contribution in [0.25, 0.3) is 0 Å². The molecule has 0 unspecified atom stereocenters. The fraction of sp³-hybridized carbons (Fsp3) is 0.778. The third-order valence-electron chi connectivity index (χ3n) is 1.33. The van der Waals surface area contributed by atoms with Crippen molar-refractivity contribution in [1.82, 2.24) is 0 Å². The molecule has 0 fully saturated rings. The molecular weight excluding hydrogens is 228 g/mol. The van der Waals surface area contributed by atoms with Crippen LogP contribution in [0.2, 0.25) is 19.6 Å². The van der Waals surface area contributed by atoms with Gasteiger partial charge in [0, 0.05) is 0 Å². The van der Waals surface area contributed by atoms with Crippen LogP contribution in [0.5, 0.6) is 0 Å². The van der Waals surface area contributed by atoms with Gasteiger partial charge in [-0.3, -0.25) is 0 Å². The number of azo groups is 1. The van der Waals surface area contributed by atoms with Crippen LogP contribution in [0, 0.1) is 0 Å². The molecule has 7 heteroatoms. The van der Waals surface area contributed by atoms with Gasteiger partial charge in [-0.15, -0.1) is 0 Å². The molecule has 0 radical (unpaired) electrons. The van der Waals surface area contributed by atoms with Crippen molar-refractivity contribution >= 4 is 20.5 Å². The molecule has 0 spiro atoms. The lowest BCUT2D eigenvalue weighted by Crippen LogP contribution is -2.27. The zero-order chi connectivity index (χ0) is 12.6. The molecule has 16 heavy (non-hydrogen) atoms. The maximum atomic E-state index is 11.0. The van der Waals surface area contributed by atoms with E-state index in [1.165, 1.54) is 0 Å². The Kier molecular flexibility index (Phi) is 6.55. The van der Waals surface area contributed by atoms with E-state index in [1.54, 1.807) is 0 Å². The largest absolute Gasteiger partial charge is 0.502 e. The average Bonchev–Trinajstić information content (AvgIpc) is 2.12. The monoisotopic (exact) mass is 246 g/mol. The quantitative estimate of drug-likeness (QED) is 0.433. The molecule has 0 saturated carbocycles. The van der Waals surface area contributed by atoms with E-state index in [-0.39, 0.29) is 6.61 Å². The molecule has 92 valence electrons. The van der Waals surface area contributed by atoms with Crippen LogP contribution in [0.15, 0.2) is 10.2 Å². The van der Waals surface area contributed by atoms with Gasteiger partial charge in [0.2, 0.25) is 8.32 Å². The zero-order valence-corrected chi connectivity index (χ0v) is 11.1. The third kappa shape index (κ3) is 9.32. The molecule has 0 atom stereocenters. The van der Waals surface area contributed by atoms with Crippen molar-refractivity contribution in [2.24, 2.45) is 10.2 Å². The summed E-state index contributed by atoms with van der Waals surface area (Å²) in [5, 5.41) is 6.20. The molecule has 0 aromatic rings. The lowest BCUT2D eigenvalue weighted by Gasteiger charge is -2.13. The SMILES string of the molecule is CCCCOC(=O)/N=N/C(=O)O[Si](C)(C)C. The van der Waals surface area contributed by atoms with Crippen molar-refractivity contribution in [2.45, 2.75) is 39.4 Å². The number of hydrogen-bond donors (Lipinski definition) is 0. The van der Waals surface area contributed by atoms with Crippen LogP contribution in [-0.4, -0.2) is 27.1 Å². The number of carbonyl (C=O) groups is 2. The molecule has 0 bridgehead atoms. The first kappa shape index (κ1) is 14.8. The topological polar surface area (TPSA) is 77.3 Å². The molecule has 0 rings (SSSR count). The van der Waals surface area contributed by atoms with Crippen molar-refractivity contribution in [3.63, 3.8) is 0 Å². The number of amides is 2. The van der Waals surface area contributed by atoms with Crippen LogP contribution in [0.4, 0.5) is 9.59 Å². The second kappa shape index (κ2) is 7.10. The highest BCUT2D eigenvalue weighted by molar-refractivity contribution is 6.71. The fourth-order valence-corrected chi connectivity index (χ4v) is 1.26. The Labute approximate surface area is 96.2 Å². The highest BCUT2D eigenvalue weighted by Gasteiger charge is 2.19. The Hall–Kier alpha value is -1.24. The number of nitrogens with zero attached hydrogens (tertiary/aromatic N) is 2. The van der Waals surface area contributed by atoms with Crippen molar-refractivity contribution in [3.8, 4) is 0 Å². The Morgan fingerprint density at radius 1 is 1.12 bits per heavy atom. The minimum absolute atomic E-state index is 0.289. The van der Waals surface area contributed by atoms with Crippen molar-refractivity contribution in [2.75, 3.05) is 6.61 Å². The van der Waals surface area contributed by atoms with Gasteiger partial charge in [0.05, 0.1) is 6.61 Å². The fourth-order valence-electron chi connectivity index (χ4n) is 0.697. The van der Waals surface area contributed by atoms with E-state index in [0.29, 0.717) is 0 Å². The Morgan fingerprint density at radius 3 is 2.19 bits per heavy atom. The Morgan fingerprint density at radius 2 is 1.69 bits per heavy atom. The third-order valence-corrected chi connectivity index (χ3v) is 2.12. The van der Waals surface area contributed by atoms with Crippen LogP contribution < -0.4 is 0 Å². The van der Waals surface area contributed by atoms with Crippen molar-refractivity contribution < 1.29 is 18.8 Å². The molecule has 6 nitrogen and oxygen atoms in total. The van der Waals surface area contributed by atoms with Gasteiger partial charge in [0.1, 0.15) is 0 Å². The standard InChI is InChI=1S/C9H18N2O4Si/c1-5-6-7-14-8(12)10-11-9(13)15-16(2,3)4/h5-7H2,1-4H3/b11-10+. The lowest BCUT2D eigenvalue weighted by atomic mass is 10.4. The highest BCUT2D eigenvalue weighted by Crippen LogP contribution is 2.04. The van der Waals surface area contributed by atoms with Gasteiger partial charge in [-0.25, -0.2) is 9.59 Å². The summed E-state index contributed by atoms with van der Waals surface area (Å²) in [6.45, 7) is 7.76. The van der Waals surface area contributed by atoms with E-state index in [0.717, 1.165) is 12.8 Å². The molecule has 0 N–H and O–H groups in total. The molecule has 0 aromatic heterocycles. The van der Waals surface area contributed by atoms with Gasteiger partial charge in [-0.05, 0) is 26.1 Å². The maximum Gasteiger partial charge on any atom is 0.452 e. The summed E-state index contributed by atoms with van der Waals surface area (Å²) >= 11 is 0. The lowest BCUT2D eigenvalue weighted by molar-refractivity contribution is 0.152. The molecule has 2 amide bonds. The van der Waals surface area contributed by atoms with Crippen LogP contribution in [0.3, 0.4) is 0 Å². The molecule has 0 aliphatic heterocycles. The van der Waals surface area contributed by atoms with Gasteiger partial charge in [0.25, 0.3) is 0 Å². The predicted octanol–water partition coefficient (Wildman–Crippen LogP) is 3.35. The normalized spacial score (nSPS) is 11.5. The molecule has 0 heterocycles. The van der Waals surface area contributed by atoms with E-state index in [2.05, 4.69) is 15.0 Å². The van der Waals surface area contributed by atoms with Gasteiger partial charge >= 0.3 is 12.2 Å². The second-order valence-electron chi connectivity index (χ2n) is 4.15. The summed E-state index contributed by atoms with van der Waals surface area (Å²) < 4.78 is 9.61. The highest BCUT2D eigenvalue weighted by atomic mass is 28.4. The second-order valence-corrected chi connectivity index (χ2v) is 8.58. The van der Waals surface area contributed by atoms with Gasteiger partial charge in [0.15, 0.2) is 0 Å². The van der Waals surface area contributed by atoms with Crippen molar-refractivity contribution in [1.29, 1.82) is 0 Å². The number of rotatable bonds is 4. The summed E-state index contributed by atoms with van der Waals surface area (Å²) in [6.07, 6.45) is -0.0181. The minimum atomic E-state index is -1.98. The van der Waals surface area contributed by atoms with E-state index in [9.17, 15) is 9.59 Å². The Bertz CT molecular complexity index is 273. The van der Waals surface area contributed by atoms with Gasteiger partial charge in [-0.2, -0.15) is 0 Å². The van der Waals surface area contributed by atoms with Crippen LogP contribution >= 0.6 is 0 Å². The molecule has 0 aliphatic rings. The Balaban J connectivity index is 3.89. The smallest absolute Gasteiger partial charge is 0.452 e. The van der Waals surface area contributed by atoms with E-state index in [4.69, 9.17) is 4.43 Å². The summed E-state index contributed by atoms with van der Waals surface area (Å²) in [6, 6.07) is 0. The first-order valence-corrected chi connectivity index (χ1v) is 8.57. The van der Waals surface area contributed by atoms with E-state index < -0.39 is 20.5 Å². The van der Waals surface area contributed by atoms with Gasteiger partial charge in [-0.1, -0.05) is 23.6 Å². The number of ether oxygens (including phenoxy) is 1. The first-order valence-electron chi connectivity index (χ1n) is 5.16. The molecule has 0 saturated heterocycles. The minimum Gasteiger partial charge on any atom is -0.502 e. The number of hydrogen-bond acceptors (Lipinski definition) is 4. The predicted molar refractivity (Wildman–Crippen MR) is 60.9 cm³/mol. The first-order chi connectivity index (χ1) is 7.35.